The van der Waals surface area contributed by atoms with E-state index in [0.29, 0.717) is 0 Å². The van der Waals surface area contributed by atoms with E-state index in [1.165, 1.54) is 0 Å². The molecule has 0 saturated carbocycles. The number of aryl methyl sites for hydroxylation is 1. The minimum atomic E-state index is 0.796. The number of nitrogen functional groups attached to an aromatic ring is 1. The van der Waals surface area contributed by atoms with Crippen LogP contribution in [0.1, 0.15) is 19.7 Å². The Hall–Kier alpha value is -0.710. The normalized spacial score (nSPS) is 10.4. The molecule has 0 amide bonds. The van der Waals surface area contributed by atoms with E-state index in [1.54, 1.807) is 16.4 Å². The molecule has 1 heterocycles. The molecule has 0 atom stereocenters. The van der Waals surface area contributed by atoms with E-state index < -0.39 is 0 Å². The zero-order valence-electron chi connectivity index (χ0n) is 6.74. The van der Waals surface area contributed by atoms with Gasteiger partial charge in [0.15, 0.2) is 5.82 Å². The lowest BCUT2D eigenvalue weighted by atomic mass is 10.5. The van der Waals surface area contributed by atoms with Crippen LogP contribution >= 0.6 is 11.8 Å². The number of thioether (sulfide) groups is 1. The van der Waals surface area contributed by atoms with Crippen molar-refractivity contribution in [3.8, 4) is 0 Å². The Morgan fingerprint density at radius 2 is 2.18 bits per heavy atom. The second-order valence-corrected chi connectivity index (χ2v) is 3.29. The predicted molar refractivity (Wildman–Crippen MR) is 45.9 cm³/mol. The third-order valence-electron chi connectivity index (χ3n) is 1.32. The van der Waals surface area contributed by atoms with Crippen LogP contribution in [0, 0.1) is 0 Å². The first kappa shape index (κ1) is 8.39. The first-order chi connectivity index (χ1) is 5.29. The molecule has 11 heavy (non-hydrogen) atoms. The summed E-state index contributed by atoms with van der Waals surface area (Å²) in [5, 5.41) is 8.64. The number of rotatable bonds is 3. The van der Waals surface area contributed by atoms with Gasteiger partial charge in [-0.05, 0) is 5.75 Å². The summed E-state index contributed by atoms with van der Waals surface area (Å²) in [6.45, 7) is 4.07. The maximum atomic E-state index is 5.67. The van der Waals surface area contributed by atoms with Crippen LogP contribution in [0.25, 0.3) is 0 Å². The van der Waals surface area contributed by atoms with Crippen molar-refractivity contribution in [2.45, 2.75) is 25.4 Å². The standard InChI is InChI=1S/C6H12N4S/c1-3-5-8-9-6(10(5)7)11-4-2/h3-4,7H2,1-2H3. The Morgan fingerprint density at radius 1 is 1.45 bits per heavy atom. The summed E-state index contributed by atoms with van der Waals surface area (Å²) in [4.78, 5) is 0. The topological polar surface area (TPSA) is 56.7 Å². The molecule has 1 aromatic heterocycles. The second kappa shape index (κ2) is 3.61. The maximum absolute atomic E-state index is 5.67. The van der Waals surface area contributed by atoms with Crippen LogP contribution in [0.4, 0.5) is 0 Å². The fourth-order valence-corrected chi connectivity index (χ4v) is 1.38. The quantitative estimate of drug-likeness (QED) is 0.537. The van der Waals surface area contributed by atoms with Crippen LogP contribution in [0.3, 0.4) is 0 Å². The lowest BCUT2D eigenvalue weighted by Crippen LogP contribution is -2.13. The SMILES string of the molecule is CCSc1nnc(CC)n1N. The van der Waals surface area contributed by atoms with Crippen molar-refractivity contribution in [1.82, 2.24) is 14.9 Å². The van der Waals surface area contributed by atoms with Gasteiger partial charge in [0.2, 0.25) is 5.16 Å². The molecule has 4 nitrogen and oxygen atoms in total. The Bertz CT molecular complexity index is 232. The van der Waals surface area contributed by atoms with Gasteiger partial charge in [-0.3, -0.25) is 0 Å². The van der Waals surface area contributed by atoms with Crippen molar-refractivity contribution in [3.05, 3.63) is 5.82 Å². The fraction of sp³-hybridized carbons (Fsp3) is 0.667. The molecular formula is C6H12N4S. The first-order valence-electron chi connectivity index (χ1n) is 3.61. The van der Waals surface area contributed by atoms with Crippen LogP contribution in [-0.4, -0.2) is 20.6 Å². The molecule has 1 rings (SSSR count). The maximum Gasteiger partial charge on any atom is 0.209 e. The highest BCUT2D eigenvalue weighted by Gasteiger charge is 2.05. The van der Waals surface area contributed by atoms with Crippen molar-refractivity contribution in [2.75, 3.05) is 11.6 Å². The molecule has 0 spiro atoms. The summed E-state index contributed by atoms with van der Waals surface area (Å²) in [5.41, 5.74) is 0. The molecule has 5 heteroatoms. The van der Waals surface area contributed by atoms with Crippen molar-refractivity contribution in [3.63, 3.8) is 0 Å². The van der Waals surface area contributed by atoms with Crippen molar-refractivity contribution in [2.24, 2.45) is 0 Å². The van der Waals surface area contributed by atoms with Crippen molar-refractivity contribution in [1.29, 1.82) is 0 Å². The van der Waals surface area contributed by atoms with Gasteiger partial charge in [-0.25, -0.2) is 4.68 Å². The zero-order chi connectivity index (χ0) is 8.27. The van der Waals surface area contributed by atoms with E-state index in [9.17, 15) is 0 Å². The average molecular weight is 172 g/mol. The van der Waals surface area contributed by atoms with Gasteiger partial charge in [0, 0.05) is 6.42 Å². The van der Waals surface area contributed by atoms with Gasteiger partial charge in [-0.2, -0.15) is 0 Å². The molecule has 0 aliphatic carbocycles. The minimum absolute atomic E-state index is 0.796. The Balaban J connectivity index is 2.82. The number of nitrogens with zero attached hydrogens (tertiary/aromatic N) is 3. The highest BCUT2D eigenvalue weighted by Crippen LogP contribution is 2.13. The van der Waals surface area contributed by atoms with Crippen molar-refractivity contribution >= 4 is 11.8 Å². The molecule has 0 aromatic carbocycles. The second-order valence-electron chi connectivity index (χ2n) is 2.06. The van der Waals surface area contributed by atoms with Gasteiger partial charge in [-0.15, -0.1) is 10.2 Å². The molecule has 62 valence electrons. The van der Waals surface area contributed by atoms with E-state index in [2.05, 4.69) is 17.1 Å². The molecule has 0 bridgehead atoms. The third-order valence-corrected chi connectivity index (χ3v) is 2.15. The van der Waals surface area contributed by atoms with Gasteiger partial charge < -0.3 is 5.84 Å². The Morgan fingerprint density at radius 3 is 2.64 bits per heavy atom. The van der Waals surface area contributed by atoms with Crippen LogP contribution in [0.5, 0.6) is 0 Å². The van der Waals surface area contributed by atoms with Gasteiger partial charge in [0.1, 0.15) is 0 Å². The number of hydrogen-bond acceptors (Lipinski definition) is 4. The van der Waals surface area contributed by atoms with Crippen LogP contribution < -0.4 is 5.84 Å². The van der Waals surface area contributed by atoms with E-state index in [1.807, 2.05) is 6.92 Å². The number of nitrogens with two attached hydrogens (primary N) is 1. The average Bonchev–Trinajstić information content (AvgIpc) is 2.34. The molecule has 0 fully saturated rings. The van der Waals surface area contributed by atoms with Gasteiger partial charge in [-0.1, -0.05) is 25.6 Å². The summed E-state index contributed by atoms with van der Waals surface area (Å²) in [5.74, 6) is 7.48. The van der Waals surface area contributed by atoms with Crippen LogP contribution in [-0.2, 0) is 6.42 Å². The summed E-state index contributed by atoms with van der Waals surface area (Å²) in [6.07, 6.45) is 0.827. The first-order valence-corrected chi connectivity index (χ1v) is 4.60. The fourth-order valence-electron chi connectivity index (χ4n) is 0.776. The summed E-state index contributed by atoms with van der Waals surface area (Å²) in [6, 6.07) is 0. The third kappa shape index (κ3) is 1.65. The van der Waals surface area contributed by atoms with Crippen LogP contribution in [0.2, 0.25) is 0 Å². The van der Waals surface area contributed by atoms with Crippen molar-refractivity contribution < 1.29 is 0 Å². The Labute approximate surface area is 70.2 Å². The molecular weight excluding hydrogens is 160 g/mol. The molecule has 0 aliphatic rings. The number of aromatic nitrogens is 3. The smallest absolute Gasteiger partial charge is 0.209 e. The van der Waals surface area contributed by atoms with Gasteiger partial charge >= 0.3 is 0 Å². The van der Waals surface area contributed by atoms with E-state index >= 15 is 0 Å². The summed E-state index contributed by atoms with van der Waals surface area (Å²) in [7, 11) is 0. The monoisotopic (exact) mass is 172 g/mol. The molecule has 2 N–H and O–H groups in total. The molecule has 0 saturated heterocycles. The molecule has 0 aliphatic heterocycles. The molecule has 0 radical (unpaired) electrons. The Kier molecular flexibility index (Phi) is 2.76. The predicted octanol–water partition coefficient (Wildman–Crippen LogP) is 0.666. The van der Waals surface area contributed by atoms with Gasteiger partial charge in [0.25, 0.3) is 0 Å². The zero-order valence-corrected chi connectivity index (χ0v) is 7.56. The summed E-state index contributed by atoms with van der Waals surface area (Å²) >= 11 is 1.60. The van der Waals surface area contributed by atoms with E-state index in [0.717, 1.165) is 23.2 Å². The lowest BCUT2D eigenvalue weighted by molar-refractivity contribution is 0.796. The van der Waals surface area contributed by atoms with Crippen LogP contribution in [0.15, 0.2) is 5.16 Å². The number of hydrogen-bond donors (Lipinski definition) is 1. The largest absolute Gasteiger partial charge is 0.336 e. The molecule has 1 aromatic rings. The van der Waals surface area contributed by atoms with E-state index in [4.69, 9.17) is 5.84 Å². The lowest BCUT2D eigenvalue weighted by Gasteiger charge is -1.98. The minimum Gasteiger partial charge on any atom is -0.336 e. The van der Waals surface area contributed by atoms with Gasteiger partial charge in [0.05, 0.1) is 0 Å². The highest BCUT2D eigenvalue weighted by atomic mass is 32.2. The van der Waals surface area contributed by atoms with E-state index in [-0.39, 0.29) is 0 Å². The highest BCUT2D eigenvalue weighted by molar-refractivity contribution is 7.99. The summed E-state index contributed by atoms with van der Waals surface area (Å²) < 4.78 is 1.55. The molecule has 0 unspecified atom stereocenters.